The zero-order chi connectivity index (χ0) is 23.4. The first-order chi connectivity index (χ1) is 15.8. The van der Waals surface area contributed by atoms with E-state index in [9.17, 15) is 14.7 Å². The number of rotatable bonds is 2. The van der Waals surface area contributed by atoms with Crippen LogP contribution in [0.25, 0.3) is 0 Å². The Balaban J connectivity index is 1.80. The molecule has 0 saturated carbocycles. The molecule has 1 aliphatic heterocycles. The normalized spacial score (nSPS) is 15.8. The minimum Gasteiger partial charge on any atom is -0.502 e. The standard InChI is InChI=1S/C25H23Cl2N3O3/c1-14(2)28-13-30(29-10-9-21(31)24(32)23(29)25(28)33)22-19-7-5-17(26)11-15(19)3-4-16-12-18(27)6-8-20(16)22/h5-12,14,22,32H,3-4,13H2,1-2H3. The number of benzene rings is 2. The zero-order valence-corrected chi connectivity index (χ0v) is 19.8. The number of aromatic nitrogens is 1. The highest BCUT2D eigenvalue weighted by Gasteiger charge is 2.39. The van der Waals surface area contributed by atoms with Crippen LogP contribution in [0.1, 0.15) is 52.6 Å². The van der Waals surface area contributed by atoms with Gasteiger partial charge in [0.05, 0.1) is 6.04 Å². The van der Waals surface area contributed by atoms with Crippen LogP contribution in [0.4, 0.5) is 0 Å². The molecule has 0 bridgehead atoms. The fourth-order valence-corrected chi connectivity index (χ4v) is 5.22. The molecule has 1 amide bonds. The molecule has 0 radical (unpaired) electrons. The lowest BCUT2D eigenvalue weighted by atomic mass is 9.94. The number of amides is 1. The average Bonchev–Trinajstić information content (AvgIpc) is 2.92. The Morgan fingerprint density at radius 1 is 0.939 bits per heavy atom. The summed E-state index contributed by atoms with van der Waals surface area (Å²) in [5.74, 6) is -0.920. The van der Waals surface area contributed by atoms with Crippen LogP contribution in [-0.4, -0.2) is 33.3 Å². The van der Waals surface area contributed by atoms with E-state index in [1.54, 1.807) is 15.8 Å². The van der Waals surface area contributed by atoms with Gasteiger partial charge in [0.2, 0.25) is 5.43 Å². The summed E-state index contributed by atoms with van der Waals surface area (Å²) >= 11 is 12.7. The second kappa shape index (κ2) is 8.12. The number of carbonyl (C=O) groups excluding carboxylic acids is 1. The molecule has 5 rings (SSSR count). The van der Waals surface area contributed by atoms with Gasteiger partial charge in [-0.05, 0) is 73.2 Å². The minimum absolute atomic E-state index is 0.0299. The van der Waals surface area contributed by atoms with Crippen molar-refractivity contribution >= 4 is 29.1 Å². The Labute approximate surface area is 201 Å². The van der Waals surface area contributed by atoms with Crippen molar-refractivity contribution in [3.05, 3.63) is 96.9 Å². The molecule has 33 heavy (non-hydrogen) atoms. The van der Waals surface area contributed by atoms with Gasteiger partial charge in [-0.1, -0.05) is 35.3 Å². The van der Waals surface area contributed by atoms with Crippen molar-refractivity contribution in [2.75, 3.05) is 11.7 Å². The third-order valence-electron chi connectivity index (χ3n) is 6.48. The molecule has 6 nitrogen and oxygen atoms in total. The van der Waals surface area contributed by atoms with Crippen LogP contribution in [0, 0.1) is 0 Å². The summed E-state index contributed by atoms with van der Waals surface area (Å²) in [6, 6.07) is 12.6. The zero-order valence-electron chi connectivity index (χ0n) is 18.3. The molecule has 1 N–H and O–H groups in total. The number of hydrogen-bond acceptors (Lipinski definition) is 4. The predicted molar refractivity (Wildman–Crippen MR) is 129 cm³/mol. The molecule has 2 aliphatic rings. The van der Waals surface area contributed by atoms with Crippen molar-refractivity contribution in [3.8, 4) is 5.75 Å². The number of carbonyl (C=O) groups is 1. The van der Waals surface area contributed by atoms with Gasteiger partial charge in [-0.2, -0.15) is 0 Å². The van der Waals surface area contributed by atoms with Crippen LogP contribution in [-0.2, 0) is 12.8 Å². The number of halogens is 2. The quantitative estimate of drug-likeness (QED) is 0.582. The van der Waals surface area contributed by atoms with Crippen molar-refractivity contribution in [2.45, 2.75) is 38.8 Å². The topological polar surface area (TPSA) is 65.8 Å². The lowest BCUT2D eigenvalue weighted by Crippen LogP contribution is -2.57. The van der Waals surface area contributed by atoms with Gasteiger partial charge in [0.25, 0.3) is 5.91 Å². The Bertz CT molecular complexity index is 1280. The van der Waals surface area contributed by atoms with Crippen LogP contribution in [0.2, 0.25) is 10.0 Å². The van der Waals surface area contributed by atoms with E-state index in [1.807, 2.05) is 55.3 Å². The van der Waals surface area contributed by atoms with Crippen LogP contribution in [0.5, 0.6) is 5.75 Å². The first-order valence-electron chi connectivity index (χ1n) is 10.9. The van der Waals surface area contributed by atoms with Gasteiger partial charge in [0, 0.05) is 28.4 Å². The Hall–Kier alpha value is -2.96. The monoisotopic (exact) mass is 483 g/mol. The lowest BCUT2D eigenvalue weighted by Gasteiger charge is -2.45. The molecule has 0 atom stereocenters. The molecule has 0 unspecified atom stereocenters. The summed E-state index contributed by atoms with van der Waals surface area (Å²) in [7, 11) is 0. The maximum absolute atomic E-state index is 13.3. The Morgan fingerprint density at radius 2 is 1.52 bits per heavy atom. The molecule has 0 fully saturated rings. The Morgan fingerprint density at radius 3 is 2.06 bits per heavy atom. The van der Waals surface area contributed by atoms with Gasteiger partial charge in [0.1, 0.15) is 6.67 Å². The van der Waals surface area contributed by atoms with Gasteiger partial charge >= 0.3 is 0 Å². The van der Waals surface area contributed by atoms with E-state index in [4.69, 9.17) is 23.2 Å². The molecule has 0 spiro atoms. The number of nitrogens with zero attached hydrogens (tertiary/aromatic N) is 3. The van der Waals surface area contributed by atoms with Crippen molar-refractivity contribution in [1.29, 1.82) is 0 Å². The number of pyridine rings is 1. The fourth-order valence-electron chi connectivity index (χ4n) is 4.83. The van der Waals surface area contributed by atoms with E-state index in [1.165, 1.54) is 6.07 Å². The first kappa shape index (κ1) is 21.9. The van der Waals surface area contributed by atoms with Gasteiger partial charge in [-0.15, -0.1) is 0 Å². The third kappa shape index (κ3) is 3.58. The van der Waals surface area contributed by atoms with E-state index >= 15 is 0 Å². The summed E-state index contributed by atoms with van der Waals surface area (Å²) in [5, 5.41) is 13.9. The molecular weight excluding hydrogens is 461 g/mol. The number of hydrogen-bond donors (Lipinski definition) is 1. The molecule has 170 valence electrons. The van der Waals surface area contributed by atoms with Gasteiger partial charge in [-0.25, -0.2) is 0 Å². The molecular formula is C25H23Cl2N3O3. The van der Waals surface area contributed by atoms with Gasteiger partial charge in [0.15, 0.2) is 11.4 Å². The number of aromatic hydroxyl groups is 1. The van der Waals surface area contributed by atoms with E-state index in [0.29, 0.717) is 10.0 Å². The van der Waals surface area contributed by atoms with Crippen molar-refractivity contribution in [1.82, 2.24) is 9.58 Å². The molecule has 8 heteroatoms. The van der Waals surface area contributed by atoms with Crippen LogP contribution in [0.3, 0.4) is 0 Å². The van der Waals surface area contributed by atoms with Crippen LogP contribution < -0.4 is 10.4 Å². The smallest absolute Gasteiger partial charge is 0.278 e. The van der Waals surface area contributed by atoms with Gasteiger partial charge in [-0.3, -0.25) is 19.3 Å². The largest absolute Gasteiger partial charge is 0.502 e. The summed E-state index contributed by atoms with van der Waals surface area (Å²) < 4.78 is 1.62. The predicted octanol–water partition coefficient (Wildman–Crippen LogP) is 4.51. The van der Waals surface area contributed by atoms with Gasteiger partial charge < -0.3 is 10.0 Å². The maximum Gasteiger partial charge on any atom is 0.278 e. The molecule has 3 aromatic rings. The summed E-state index contributed by atoms with van der Waals surface area (Å²) in [4.78, 5) is 27.2. The highest BCUT2D eigenvalue weighted by atomic mass is 35.5. The first-order valence-corrected chi connectivity index (χ1v) is 11.6. The van der Waals surface area contributed by atoms with E-state index < -0.39 is 11.2 Å². The number of fused-ring (bicyclic) bond motifs is 3. The number of aryl methyl sites for hydroxylation is 2. The Kier molecular flexibility index (Phi) is 5.38. The fraction of sp³-hybridized carbons (Fsp3) is 0.280. The third-order valence-corrected chi connectivity index (χ3v) is 6.95. The van der Waals surface area contributed by atoms with E-state index in [-0.39, 0.29) is 30.4 Å². The van der Waals surface area contributed by atoms with Crippen LogP contribution in [0.15, 0.2) is 53.5 Å². The molecule has 2 aromatic carbocycles. The summed E-state index contributed by atoms with van der Waals surface area (Å²) in [5.41, 5.74) is 3.72. The SMILES string of the molecule is CC(C)N1CN(C2c3ccc(Cl)cc3CCc3cc(Cl)ccc32)n2ccc(=O)c(O)c2C1=O. The van der Waals surface area contributed by atoms with E-state index in [2.05, 4.69) is 0 Å². The summed E-state index contributed by atoms with van der Waals surface area (Å²) in [6.45, 7) is 4.11. The molecule has 1 aromatic heterocycles. The maximum atomic E-state index is 13.3. The average molecular weight is 484 g/mol. The molecule has 1 aliphatic carbocycles. The van der Waals surface area contributed by atoms with Crippen molar-refractivity contribution in [2.24, 2.45) is 0 Å². The van der Waals surface area contributed by atoms with Crippen molar-refractivity contribution < 1.29 is 9.90 Å². The molecule has 0 saturated heterocycles. The highest BCUT2D eigenvalue weighted by molar-refractivity contribution is 6.31. The second-order valence-corrected chi connectivity index (χ2v) is 9.63. The minimum atomic E-state index is -0.583. The lowest BCUT2D eigenvalue weighted by molar-refractivity contribution is 0.0621. The summed E-state index contributed by atoms with van der Waals surface area (Å²) in [6.07, 6.45) is 3.15. The van der Waals surface area contributed by atoms with Crippen LogP contribution >= 0.6 is 23.2 Å². The highest BCUT2D eigenvalue weighted by Crippen LogP contribution is 2.39. The van der Waals surface area contributed by atoms with E-state index in [0.717, 1.165) is 35.1 Å². The van der Waals surface area contributed by atoms with Crippen molar-refractivity contribution in [3.63, 3.8) is 0 Å². The molecule has 2 heterocycles. The second-order valence-electron chi connectivity index (χ2n) is 8.76.